The molecule has 5 nitrogen and oxygen atoms in total. The van der Waals surface area contributed by atoms with Gasteiger partial charge in [-0.2, -0.15) is 0 Å². The lowest BCUT2D eigenvalue weighted by Crippen LogP contribution is -2.21. The summed E-state index contributed by atoms with van der Waals surface area (Å²) in [5.74, 6) is 0.653. The molecule has 0 aliphatic rings. The average Bonchev–Trinajstić information content (AvgIpc) is 2.31. The van der Waals surface area contributed by atoms with Crippen molar-refractivity contribution in [2.75, 3.05) is 13.8 Å². The van der Waals surface area contributed by atoms with E-state index in [1.807, 2.05) is 0 Å². The van der Waals surface area contributed by atoms with Gasteiger partial charge in [-0.3, -0.25) is 5.26 Å². The van der Waals surface area contributed by atoms with Crippen LogP contribution in [-0.2, 0) is 16.2 Å². The monoisotopic (exact) mass is 243 g/mol. The number of hydrogen-bond acceptors (Lipinski definition) is 5. The first kappa shape index (κ1) is 12.7. The zero-order valence-electron chi connectivity index (χ0n) is 8.80. The molecule has 0 bridgehead atoms. The quantitative estimate of drug-likeness (QED) is 0.354. The second-order valence-electron chi connectivity index (χ2n) is 2.86. The predicted molar refractivity (Wildman–Crippen MR) is 62.1 cm³/mol. The Hall–Kier alpha value is -1.37. The molecule has 0 unspecified atom stereocenters. The normalized spacial score (nSPS) is 9.62. The zero-order valence-corrected chi connectivity index (χ0v) is 9.62. The summed E-state index contributed by atoms with van der Waals surface area (Å²) in [7, 11) is 1.67. The van der Waals surface area contributed by atoms with Gasteiger partial charge in [0.2, 0.25) is 6.79 Å². The van der Waals surface area contributed by atoms with E-state index in [2.05, 4.69) is 10.2 Å². The number of thiocarbonyl (C=S) groups is 1. The molecule has 0 saturated carbocycles. The van der Waals surface area contributed by atoms with Crippen LogP contribution in [0.25, 0.3) is 0 Å². The Morgan fingerprint density at radius 2 is 2.06 bits per heavy atom. The average molecular weight is 243 g/mol. The van der Waals surface area contributed by atoms with Gasteiger partial charge in [0.05, 0.1) is 0 Å². The van der Waals surface area contributed by atoms with Gasteiger partial charge in [-0.15, -0.1) is 0 Å². The van der Waals surface area contributed by atoms with E-state index in [0.29, 0.717) is 5.75 Å². The molecule has 0 aromatic heterocycles. The molecule has 16 heavy (non-hydrogen) atoms. The molecule has 0 heterocycles. The van der Waals surface area contributed by atoms with Crippen molar-refractivity contribution in [1.29, 1.82) is 0 Å². The number of ether oxygens (including phenoxy) is 2. The zero-order chi connectivity index (χ0) is 11.8. The second kappa shape index (κ2) is 7.00. The van der Waals surface area contributed by atoms with E-state index in [1.165, 1.54) is 0 Å². The Labute approximate surface area is 98.9 Å². The van der Waals surface area contributed by atoms with Crippen LogP contribution in [0.5, 0.6) is 5.75 Å². The summed E-state index contributed by atoms with van der Waals surface area (Å²) in [6, 6.07) is 7.06. The first-order valence-electron chi connectivity index (χ1n) is 4.59. The van der Waals surface area contributed by atoms with Gasteiger partial charge in [-0.05, 0) is 29.9 Å². The van der Waals surface area contributed by atoms with Gasteiger partial charge in [-0.1, -0.05) is 12.1 Å². The summed E-state index contributed by atoms with van der Waals surface area (Å²) >= 11 is 4.77. The SMILES string of the molecule is CNC(=S)OCOc1ccc(COO)cc1. The molecular weight excluding hydrogens is 230 g/mol. The van der Waals surface area contributed by atoms with Crippen LogP contribution >= 0.6 is 12.2 Å². The molecule has 0 atom stereocenters. The maximum atomic E-state index is 8.25. The van der Waals surface area contributed by atoms with Crippen molar-refractivity contribution in [1.82, 2.24) is 5.32 Å². The number of rotatable bonds is 5. The summed E-state index contributed by atoms with van der Waals surface area (Å²) in [6.45, 7) is 0.205. The van der Waals surface area contributed by atoms with E-state index in [9.17, 15) is 0 Å². The van der Waals surface area contributed by atoms with E-state index in [1.54, 1.807) is 31.3 Å². The summed E-state index contributed by atoms with van der Waals surface area (Å²) in [4.78, 5) is 4.00. The molecule has 88 valence electrons. The summed E-state index contributed by atoms with van der Waals surface area (Å²) in [5, 5.41) is 11.2. The van der Waals surface area contributed by atoms with Crippen molar-refractivity contribution in [2.24, 2.45) is 0 Å². The highest BCUT2D eigenvalue weighted by molar-refractivity contribution is 7.80. The Bertz CT molecular complexity index is 328. The van der Waals surface area contributed by atoms with E-state index in [4.69, 9.17) is 26.9 Å². The van der Waals surface area contributed by atoms with Crippen LogP contribution in [0.1, 0.15) is 5.56 Å². The molecule has 1 aromatic rings. The summed E-state index contributed by atoms with van der Waals surface area (Å²) in [6.07, 6.45) is 0. The molecule has 0 saturated heterocycles. The van der Waals surface area contributed by atoms with E-state index < -0.39 is 0 Å². The maximum Gasteiger partial charge on any atom is 0.259 e. The van der Waals surface area contributed by atoms with Crippen LogP contribution in [0.3, 0.4) is 0 Å². The largest absolute Gasteiger partial charge is 0.457 e. The van der Waals surface area contributed by atoms with E-state index >= 15 is 0 Å². The molecule has 0 aliphatic carbocycles. The van der Waals surface area contributed by atoms with Crippen molar-refractivity contribution in [3.05, 3.63) is 29.8 Å². The van der Waals surface area contributed by atoms with E-state index in [0.717, 1.165) is 5.56 Å². The fourth-order valence-corrected chi connectivity index (χ4v) is 1.03. The lowest BCUT2D eigenvalue weighted by atomic mass is 10.2. The highest BCUT2D eigenvalue weighted by Crippen LogP contribution is 2.12. The van der Waals surface area contributed by atoms with Crippen molar-refractivity contribution in [3.63, 3.8) is 0 Å². The minimum absolute atomic E-state index is 0.0511. The molecule has 0 spiro atoms. The topological polar surface area (TPSA) is 60.0 Å². The minimum atomic E-state index is 0.0511. The van der Waals surface area contributed by atoms with Crippen LogP contribution in [0.4, 0.5) is 0 Å². The number of nitrogens with one attached hydrogen (secondary N) is 1. The minimum Gasteiger partial charge on any atom is -0.457 e. The molecule has 0 fully saturated rings. The third-order valence-electron chi connectivity index (χ3n) is 1.77. The molecule has 2 N–H and O–H groups in total. The Morgan fingerprint density at radius 1 is 1.38 bits per heavy atom. The van der Waals surface area contributed by atoms with Gasteiger partial charge in [0.15, 0.2) is 0 Å². The van der Waals surface area contributed by atoms with Crippen molar-refractivity contribution >= 4 is 17.4 Å². The Balaban J connectivity index is 2.34. The Kier molecular flexibility index (Phi) is 5.55. The van der Waals surface area contributed by atoms with Crippen LogP contribution in [0.15, 0.2) is 24.3 Å². The smallest absolute Gasteiger partial charge is 0.259 e. The number of hydrogen-bond donors (Lipinski definition) is 2. The van der Waals surface area contributed by atoms with Crippen LogP contribution < -0.4 is 10.1 Å². The third-order valence-corrected chi connectivity index (χ3v) is 2.10. The molecule has 1 rings (SSSR count). The second-order valence-corrected chi connectivity index (χ2v) is 3.23. The van der Waals surface area contributed by atoms with Crippen LogP contribution in [0, 0.1) is 0 Å². The van der Waals surface area contributed by atoms with Crippen LogP contribution in [0.2, 0.25) is 0 Å². The van der Waals surface area contributed by atoms with Gasteiger partial charge < -0.3 is 14.8 Å². The fourth-order valence-electron chi connectivity index (χ4n) is 0.980. The van der Waals surface area contributed by atoms with Crippen molar-refractivity contribution < 1.29 is 19.6 Å². The predicted octanol–water partition coefficient (Wildman–Crippen LogP) is 1.53. The molecule has 1 aromatic carbocycles. The van der Waals surface area contributed by atoms with Crippen LogP contribution in [-0.4, -0.2) is 24.3 Å². The summed E-state index contributed by atoms with van der Waals surface area (Å²) < 4.78 is 10.3. The molecular formula is C10H13NO4S. The van der Waals surface area contributed by atoms with Gasteiger partial charge in [0.1, 0.15) is 12.4 Å². The molecule has 0 amide bonds. The first-order valence-corrected chi connectivity index (χ1v) is 4.99. The standard InChI is InChI=1S/C10H13NO4S/c1-11-10(16)14-7-13-9-4-2-8(3-5-9)6-15-12/h2-5,12H,6-7H2,1H3,(H,11,16). The van der Waals surface area contributed by atoms with Crippen molar-refractivity contribution in [3.8, 4) is 5.75 Å². The van der Waals surface area contributed by atoms with Gasteiger partial charge in [0.25, 0.3) is 5.17 Å². The summed E-state index contributed by atoms with van der Waals surface area (Å²) in [5.41, 5.74) is 0.849. The first-order chi connectivity index (χ1) is 7.76. The highest BCUT2D eigenvalue weighted by Gasteiger charge is 1.97. The third kappa shape index (κ3) is 4.43. The van der Waals surface area contributed by atoms with Gasteiger partial charge in [0, 0.05) is 7.05 Å². The fraction of sp³-hybridized carbons (Fsp3) is 0.300. The molecule has 0 radical (unpaired) electrons. The Morgan fingerprint density at radius 3 is 2.62 bits per heavy atom. The maximum absolute atomic E-state index is 8.25. The van der Waals surface area contributed by atoms with E-state index in [-0.39, 0.29) is 18.6 Å². The molecule has 0 aliphatic heterocycles. The molecule has 6 heteroatoms. The highest BCUT2D eigenvalue weighted by atomic mass is 32.1. The lowest BCUT2D eigenvalue weighted by Gasteiger charge is -2.08. The lowest BCUT2D eigenvalue weighted by molar-refractivity contribution is -0.253. The van der Waals surface area contributed by atoms with Gasteiger partial charge in [-0.25, -0.2) is 4.89 Å². The van der Waals surface area contributed by atoms with Crippen molar-refractivity contribution in [2.45, 2.75) is 6.61 Å². The van der Waals surface area contributed by atoms with Gasteiger partial charge >= 0.3 is 0 Å². The number of benzene rings is 1.